The molecule has 0 aliphatic heterocycles. The van der Waals surface area contributed by atoms with Crippen LogP contribution in [0.15, 0.2) is 52.0 Å². The van der Waals surface area contributed by atoms with E-state index in [4.69, 9.17) is 10.5 Å². The second-order valence-electron chi connectivity index (χ2n) is 6.40. The predicted molar refractivity (Wildman–Crippen MR) is 113 cm³/mol. The van der Waals surface area contributed by atoms with E-state index in [0.29, 0.717) is 27.9 Å². The molecule has 142 valence electrons. The van der Waals surface area contributed by atoms with E-state index < -0.39 is 0 Å². The van der Waals surface area contributed by atoms with Gasteiger partial charge in [0.15, 0.2) is 5.82 Å². The molecule has 1 aromatic heterocycles. The zero-order chi connectivity index (χ0) is 19.4. The zero-order valence-corrected chi connectivity index (χ0v) is 16.9. The minimum absolute atomic E-state index is 0.411. The fourth-order valence-electron chi connectivity index (χ4n) is 2.51. The minimum Gasteiger partial charge on any atom is -0.495 e. The third-order valence-corrected chi connectivity index (χ3v) is 4.73. The number of ether oxygens (including phenoxy) is 1. The maximum Gasteiger partial charge on any atom is 0.153 e. The molecule has 7 nitrogen and oxygen atoms in total. The first-order valence-electron chi connectivity index (χ1n) is 8.58. The highest BCUT2D eigenvalue weighted by molar-refractivity contribution is 9.12. The van der Waals surface area contributed by atoms with Crippen molar-refractivity contribution in [3.8, 4) is 5.75 Å². The zero-order valence-electron chi connectivity index (χ0n) is 15.3. The highest BCUT2D eigenvalue weighted by Gasteiger charge is 2.25. The molecule has 1 aliphatic rings. The first-order valence-corrected chi connectivity index (χ1v) is 9.37. The van der Waals surface area contributed by atoms with Gasteiger partial charge in [-0.25, -0.2) is 4.99 Å². The van der Waals surface area contributed by atoms with Crippen molar-refractivity contribution in [1.29, 1.82) is 0 Å². The molecule has 3 rings (SSSR count). The molecule has 0 atom stereocenters. The molecule has 0 spiro atoms. The Labute approximate surface area is 166 Å². The molecule has 0 amide bonds. The topological polar surface area (TPSA) is 100 Å². The van der Waals surface area contributed by atoms with E-state index in [1.165, 1.54) is 12.8 Å². The Kier molecular flexibility index (Phi) is 5.85. The van der Waals surface area contributed by atoms with E-state index >= 15 is 0 Å². The Morgan fingerprint density at radius 3 is 2.89 bits per heavy atom. The summed E-state index contributed by atoms with van der Waals surface area (Å²) in [5.41, 5.74) is 9.11. The van der Waals surface area contributed by atoms with Crippen molar-refractivity contribution in [2.45, 2.75) is 25.7 Å². The smallest absolute Gasteiger partial charge is 0.153 e. The fourth-order valence-corrected chi connectivity index (χ4v) is 2.71. The lowest BCUT2D eigenvalue weighted by atomic mass is 10.2. The van der Waals surface area contributed by atoms with Crippen LogP contribution in [-0.2, 0) is 0 Å². The van der Waals surface area contributed by atoms with E-state index in [0.717, 1.165) is 22.7 Å². The molecule has 0 saturated heterocycles. The van der Waals surface area contributed by atoms with Gasteiger partial charge >= 0.3 is 0 Å². The van der Waals surface area contributed by atoms with Crippen molar-refractivity contribution < 1.29 is 4.74 Å². The molecule has 1 fully saturated rings. The quantitative estimate of drug-likeness (QED) is 0.470. The normalized spacial score (nSPS) is 14.8. The van der Waals surface area contributed by atoms with Gasteiger partial charge in [-0.1, -0.05) is 12.6 Å². The number of nitrogens with one attached hydrogen (secondary N) is 3. The van der Waals surface area contributed by atoms with Gasteiger partial charge in [-0.2, -0.15) is 5.10 Å². The fraction of sp³-hybridized carbons (Fsp3) is 0.263. The van der Waals surface area contributed by atoms with Crippen molar-refractivity contribution in [2.75, 3.05) is 17.7 Å². The lowest BCUT2D eigenvalue weighted by Gasteiger charge is -2.11. The van der Waals surface area contributed by atoms with Gasteiger partial charge < -0.3 is 21.1 Å². The van der Waals surface area contributed by atoms with E-state index in [9.17, 15) is 0 Å². The third-order valence-electron chi connectivity index (χ3n) is 4.10. The van der Waals surface area contributed by atoms with Gasteiger partial charge in [0.05, 0.1) is 17.3 Å². The van der Waals surface area contributed by atoms with Crippen LogP contribution in [0.1, 0.15) is 30.0 Å². The second-order valence-corrected chi connectivity index (χ2v) is 7.26. The molecule has 27 heavy (non-hydrogen) atoms. The van der Waals surface area contributed by atoms with Crippen molar-refractivity contribution >= 4 is 33.6 Å². The largest absolute Gasteiger partial charge is 0.495 e. The van der Waals surface area contributed by atoms with Crippen LogP contribution in [0.3, 0.4) is 0 Å². The van der Waals surface area contributed by atoms with Crippen molar-refractivity contribution in [3.63, 3.8) is 0 Å². The summed E-state index contributed by atoms with van der Waals surface area (Å²) < 4.78 is 5.94. The SMILES string of the molecule is C=C(/N=C\C(Br)=C(/N)Nc1cc(C2CC2)[nH]n1)Nc1cc(C)ccc1OC. The number of benzene rings is 1. The lowest BCUT2D eigenvalue weighted by Crippen LogP contribution is -2.11. The number of methoxy groups -OCH3 is 1. The van der Waals surface area contributed by atoms with Gasteiger partial charge in [0.25, 0.3) is 0 Å². The summed E-state index contributed by atoms with van der Waals surface area (Å²) in [4.78, 5) is 4.29. The number of rotatable bonds is 8. The molecule has 0 radical (unpaired) electrons. The number of hydrogen-bond acceptors (Lipinski definition) is 6. The summed E-state index contributed by atoms with van der Waals surface area (Å²) in [5.74, 6) is 2.88. The average Bonchev–Trinajstić information content (AvgIpc) is 3.39. The Morgan fingerprint density at radius 1 is 1.41 bits per heavy atom. The van der Waals surface area contributed by atoms with Gasteiger partial charge in [-0.15, -0.1) is 0 Å². The van der Waals surface area contributed by atoms with Gasteiger partial charge in [0, 0.05) is 23.9 Å². The van der Waals surface area contributed by atoms with Gasteiger partial charge in [-0.3, -0.25) is 5.10 Å². The summed E-state index contributed by atoms with van der Waals surface area (Å²) in [7, 11) is 1.62. The average molecular weight is 431 g/mol. The number of aryl methyl sites for hydroxylation is 1. The van der Waals surface area contributed by atoms with Gasteiger partial charge in [0.2, 0.25) is 0 Å². The molecule has 5 N–H and O–H groups in total. The third kappa shape index (κ3) is 5.13. The number of aromatic nitrogens is 2. The predicted octanol–water partition coefficient (Wildman–Crippen LogP) is 4.19. The number of H-pyrrole nitrogens is 1. The Morgan fingerprint density at radius 2 is 2.19 bits per heavy atom. The molecule has 1 heterocycles. The van der Waals surface area contributed by atoms with Crippen LogP contribution < -0.4 is 21.1 Å². The number of anilines is 2. The van der Waals surface area contributed by atoms with E-state index in [2.05, 4.69) is 48.3 Å². The highest BCUT2D eigenvalue weighted by Crippen LogP contribution is 2.39. The van der Waals surface area contributed by atoms with Crippen LogP contribution in [0.2, 0.25) is 0 Å². The van der Waals surface area contributed by atoms with E-state index in [-0.39, 0.29) is 0 Å². The Bertz CT molecular complexity index is 897. The lowest BCUT2D eigenvalue weighted by molar-refractivity contribution is 0.416. The summed E-state index contributed by atoms with van der Waals surface area (Å²) >= 11 is 3.41. The van der Waals surface area contributed by atoms with Crippen molar-refractivity contribution in [1.82, 2.24) is 10.2 Å². The van der Waals surface area contributed by atoms with Crippen molar-refractivity contribution in [3.05, 3.63) is 58.2 Å². The first-order chi connectivity index (χ1) is 13.0. The number of nitrogens with zero attached hydrogens (tertiary/aromatic N) is 2. The molecule has 1 aromatic carbocycles. The first kappa shape index (κ1) is 19.0. The van der Waals surface area contributed by atoms with E-state index in [1.54, 1.807) is 13.3 Å². The molecular formula is C19H23BrN6O. The van der Waals surface area contributed by atoms with Gasteiger partial charge in [0.1, 0.15) is 17.4 Å². The summed E-state index contributed by atoms with van der Waals surface area (Å²) in [6.07, 6.45) is 4.00. The summed E-state index contributed by atoms with van der Waals surface area (Å²) in [6, 6.07) is 7.82. The summed E-state index contributed by atoms with van der Waals surface area (Å²) in [5, 5.41) is 13.4. The Hall–Kier alpha value is -2.74. The second kappa shape index (κ2) is 8.30. The summed E-state index contributed by atoms with van der Waals surface area (Å²) in [6.45, 7) is 5.92. The highest BCUT2D eigenvalue weighted by atomic mass is 79.9. The standard InChI is InChI=1S/C19H23BrN6O/c1-11-4-7-17(27-3)16(8-11)23-12(2)22-10-14(20)19(21)24-18-9-15(25-26-18)13-5-6-13/h4,7-10,13,23H,2,5-6,21H2,1,3H3,(H2,24,25,26)/b19-14-,22-10-. The number of halogens is 1. The monoisotopic (exact) mass is 430 g/mol. The molecule has 0 unspecified atom stereocenters. The Balaban J connectivity index is 1.61. The molecular weight excluding hydrogens is 408 g/mol. The van der Waals surface area contributed by atoms with Crippen LogP contribution in [-0.4, -0.2) is 23.5 Å². The molecule has 2 aromatic rings. The van der Waals surface area contributed by atoms with Gasteiger partial charge in [-0.05, 0) is 53.4 Å². The van der Waals surface area contributed by atoms with Crippen LogP contribution in [0, 0.1) is 6.92 Å². The molecule has 0 bridgehead atoms. The number of hydrogen-bond donors (Lipinski definition) is 4. The molecule has 1 aliphatic carbocycles. The number of aromatic amines is 1. The number of allylic oxidation sites excluding steroid dienone is 1. The van der Waals surface area contributed by atoms with Crippen molar-refractivity contribution in [2.24, 2.45) is 10.7 Å². The number of nitrogens with two attached hydrogens (primary N) is 1. The minimum atomic E-state index is 0.411. The maximum absolute atomic E-state index is 6.06. The number of aliphatic imine (C=N–C) groups is 1. The van der Waals surface area contributed by atoms with Crippen LogP contribution >= 0.6 is 15.9 Å². The molecule has 1 saturated carbocycles. The van der Waals surface area contributed by atoms with Crippen LogP contribution in [0.5, 0.6) is 5.75 Å². The molecule has 8 heteroatoms. The van der Waals surface area contributed by atoms with Crippen LogP contribution in [0.25, 0.3) is 0 Å². The van der Waals surface area contributed by atoms with Crippen LogP contribution in [0.4, 0.5) is 11.5 Å². The maximum atomic E-state index is 6.06. The van der Waals surface area contributed by atoms with E-state index in [1.807, 2.05) is 31.2 Å².